The van der Waals surface area contributed by atoms with E-state index in [9.17, 15) is 4.79 Å². The number of amides is 2. The molecule has 1 N–H and O–H groups in total. The molecule has 2 fully saturated rings. The van der Waals surface area contributed by atoms with Gasteiger partial charge in [-0.15, -0.1) is 0 Å². The number of piperidine rings is 1. The van der Waals surface area contributed by atoms with Gasteiger partial charge >= 0.3 is 6.03 Å². The number of urea groups is 1. The van der Waals surface area contributed by atoms with E-state index in [1.54, 1.807) is 0 Å². The zero-order chi connectivity index (χ0) is 16.1. The molecule has 3 heterocycles. The number of ether oxygens (including phenoxy) is 1. The van der Waals surface area contributed by atoms with E-state index in [0.29, 0.717) is 5.92 Å². The number of nitrogens with zero attached hydrogens (tertiary/aromatic N) is 3. The van der Waals surface area contributed by atoms with Crippen molar-refractivity contribution in [2.24, 2.45) is 0 Å². The Morgan fingerprint density at radius 1 is 1.22 bits per heavy atom. The minimum absolute atomic E-state index is 0.0405. The summed E-state index contributed by atoms with van der Waals surface area (Å²) in [7, 11) is 0. The zero-order valence-corrected chi connectivity index (χ0v) is 13.8. The Bertz CT molecular complexity index is 505. The van der Waals surface area contributed by atoms with Crippen LogP contribution in [0, 0.1) is 0 Å². The summed E-state index contributed by atoms with van der Waals surface area (Å²) in [5, 5.41) is 7.10. The predicted octanol–water partition coefficient (Wildman–Crippen LogP) is 2.26. The molecule has 7 nitrogen and oxygen atoms in total. The van der Waals surface area contributed by atoms with Crippen molar-refractivity contribution in [3.8, 4) is 0 Å². The Hall–Kier alpha value is -1.63. The molecule has 2 aliphatic rings. The molecule has 3 rings (SSSR count). The maximum absolute atomic E-state index is 12.0. The third kappa shape index (κ3) is 4.02. The molecule has 2 saturated heterocycles. The number of rotatable bonds is 4. The fourth-order valence-electron chi connectivity index (χ4n) is 3.21. The summed E-state index contributed by atoms with van der Waals surface area (Å²) < 4.78 is 10.9. The zero-order valence-electron chi connectivity index (χ0n) is 13.8. The first-order valence-corrected chi connectivity index (χ1v) is 8.72. The molecule has 0 unspecified atom stereocenters. The first-order valence-electron chi connectivity index (χ1n) is 8.72. The highest BCUT2D eigenvalue weighted by atomic mass is 16.5. The van der Waals surface area contributed by atoms with Crippen LogP contribution in [-0.4, -0.2) is 53.9 Å². The highest BCUT2D eigenvalue weighted by molar-refractivity contribution is 5.74. The van der Waals surface area contributed by atoms with Gasteiger partial charge in [0.05, 0.1) is 0 Å². The second-order valence-electron chi connectivity index (χ2n) is 6.37. The molecule has 2 amide bonds. The van der Waals surface area contributed by atoms with Crippen LogP contribution in [0.2, 0.25) is 0 Å². The molecular weight excluding hydrogens is 296 g/mol. The predicted molar refractivity (Wildman–Crippen MR) is 84.3 cm³/mol. The van der Waals surface area contributed by atoms with E-state index in [1.807, 2.05) is 4.90 Å². The topological polar surface area (TPSA) is 80.5 Å². The van der Waals surface area contributed by atoms with Crippen LogP contribution in [0.5, 0.6) is 0 Å². The van der Waals surface area contributed by atoms with Gasteiger partial charge in [-0.25, -0.2) is 4.79 Å². The number of carbonyl (C=O) groups excluding carboxylic acids is 1. The van der Waals surface area contributed by atoms with Gasteiger partial charge in [0.2, 0.25) is 5.89 Å². The van der Waals surface area contributed by atoms with Crippen LogP contribution in [0.25, 0.3) is 0 Å². The molecule has 2 aliphatic heterocycles. The van der Waals surface area contributed by atoms with Gasteiger partial charge < -0.3 is 19.5 Å². The normalized spacial score (nSPS) is 20.7. The van der Waals surface area contributed by atoms with Crippen LogP contribution < -0.4 is 5.32 Å². The lowest BCUT2D eigenvalue weighted by atomic mass is 9.96. The van der Waals surface area contributed by atoms with Gasteiger partial charge in [-0.2, -0.15) is 4.98 Å². The first kappa shape index (κ1) is 16.2. The summed E-state index contributed by atoms with van der Waals surface area (Å²) in [4.78, 5) is 18.5. The monoisotopic (exact) mass is 322 g/mol. The summed E-state index contributed by atoms with van der Waals surface area (Å²) in [5.41, 5.74) is 0. The number of hydrogen-bond acceptors (Lipinski definition) is 5. The Labute approximate surface area is 136 Å². The molecule has 1 aromatic heterocycles. The van der Waals surface area contributed by atoms with Crippen molar-refractivity contribution in [3.05, 3.63) is 11.7 Å². The molecular formula is C16H26N4O3. The number of carbonyl (C=O) groups is 1. The molecule has 1 aromatic rings. The van der Waals surface area contributed by atoms with Crippen molar-refractivity contribution in [1.82, 2.24) is 20.4 Å². The maximum Gasteiger partial charge on any atom is 0.317 e. The number of hydrogen-bond donors (Lipinski definition) is 1. The lowest BCUT2D eigenvalue weighted by molar-refractivity contribution is 0.0830. The van der Waals surface area contributed by atoms with Crippen LogP contribution in [-0.2, 0) is 4.74 Å². The van der Waals surface area contributed by atoms with Crippen molar-refractivity contribution in [1.29, 1.82) is 0 Å². The van der Waals surface area contributed by atoms with Crippen molar-refractivity contribution in [2.45, 2.75) is 50.9 Å². The summed E-state index contributed by atoms with van der Waals surface area (Å²) in [6, 6.07) is 0.0405. The molecule has 0 saturated carbocycles. The molecule has 0 aliphatic carbocycles. The molecule has 0 atom stereocenters. The second-order valence-corrected chi connectivity index (χ2v) is 6.37. The van der Waals surface area contributed by atoms with Crippen molar-refractivity contribution >= 4 is 6.03 Å². The van der Waals surface area contributed by atoms with E-state index in [2.05, 4.69) is 22.4 Å². The van der Waals surface area contributed by atoms with Crippen molar-refractivity contribution in [3.63, 3.8) is 0 Å². The molecule has 0 aromatic carbocycles. The van der Waals surface area contributed by atoms with E-state index >= 15 is 0 Å². The van der Waals surface area contributed by atoms with E-state index in [-0.39, 0.29) is 11.9 Å². The first-order chi connectivity index (χ1) is 11.3. The smallest absolute Gasteiger partial charge is 0.317 e. The van der Waals surface area contributed by atoms with E-state index in [4.69, 9.17) is 9.26 Å². The molecule has 0 spiro atoms. The minimum Gasteiger partial charge on any atom is -0.381 e. The highest BCUT2D eigenvalue weighted by Gasteiger charge is 2.29. The van der Waals surface area contributed by atoms with Gasteiger partial charge in [-0.05, 0) is 32.1 Å². The van der Waals surface area contributed by atoms with Crippen molar-refractivity contribution in [2.75, 3.05) is 32.8 Å². The Morgan fingerprint density at radius 3 is 2.65 bits per heavy atom. The van der Waals surface area contributed by atoms with Gasteiger partial charge in [0.15, 0.2) is 5.82 Å². The van der Waals surface area contributed by atoms with Crippen LogP contribution in [0.3, 0.4) is 0 Å². The van der Waals surface area contributed by atoms with E-state index in [1.165, 1.54) is 0 Å². The van der Waals surface area contributed by atoms with Crippen LogP contribution in [0.4, 0.5) is 4.79 Å². The van der Waals surface area contributed by atoms with Gasteiger partial charge in [0.25, 0.3) is 0 Å². The lowest BCUT2D eigenvalue weighted by Crippen LogP contribution is -2.44. The summed E-state index contributed by atoms with van der Waals surface area (Å²) in [5.74, 6) is 2.19. The van der Waals surface area contributed by atoms with Gasteiger partial charge in [0.1, 0.15) is 0 Å². The molecule has 7 heteroatoms. The third-order valence-electron chi connectivity index (χ3n) is 4.70. The van der Waals surface area contributed by atoms with Crippen LogP contribution in [0.1, 0.15) is 62.6 Å². The second kappa shape index (κ2) is 7.77. The quantitative estimate of drug-likeness (QED) is 0.919. The summed E-state index contributed by atoms with van der Waals surface area (Å²) in [6.45, 7) is 5.83. The van der Waals surface area contributed by atoms with E-state index in [0.717, 1.165) is 76.7 Å². The van der Waals surface area contributed by atoms with E-state index < -0.39 is 0 Å². The average molecular weight is 322 g/mol. The number of nitrogens with one attached hydrogen (secondary N) is 1. The summed E-state index contributed by atoms with van der Waals surface area (Å²) >= 11 is 0. The fraction of sp³-hybridized carbons (Fsp3) is 0.812. The van der Waals surface area contributed by atoms with Crippen LogP contribution >= 0.6 is 0 Å². The SMILES string of the molecule is CCCNC(=O)N1CCC(c2nc(C3CCOCC3)no2)CC1. The van der Waals surface area contributed by atoms with Gasteiger partial charge in [0, 0.05) is 44.7 Å². The van der Waals surface area contributed by atoms with Crippen molar-refractivity contribution < 1.29 is 14.1 Å². The Morgan fingerprint density at radius 2 is 1.96 bits per heavy atom. The molecule has 128 valence electrons. The Balaban J connectivity index is 1.51. The summed E-state index contributed by atoms with van der Waals surface area (Å²) in [6.07, 6.45) is 4.66. The van der Waals surface area contributed by atoms with Gasteiger partial charge in [-0.1, -0.05) is 12.1 Å². The molecule has 23 heavy (non-hydrogen) atoms. The molecule has 0 bridgehead atoms. The fourth-order valence-corrected chi connectivity index (χ4v) is 3.21. The largest absolute Gasteiger partial charge is 0.381 e. The standard InChI is InChI=1S/C16H26N4O3/c1-2-7-17-16(21)20-8-3-13(4-9-20)15-18-14(19-23-15)12-5-10-22-11-6-12/h12-13H,2-11H2,1H3,(H,17,21). The lowest BCUT2D eigenvalue weighted by Gasteiger charge is -2.30. The molecule has 0 radical (unpaired) electrons. The highest BCUT2D eigenvalue weighted by Crippen LogP contribution is 2.30. The number of likely N-dealkylation sites (tertiary alicyclic amines) is 1. The van der Waals surface area contributed by atoms with Crippen LogP contribution in [0.15, 0.2) is 4.52 Å². The minimum atomic E-state index is 0.0405. The average Bonchev–Trinajstić information content (AvgIpc) is 3.11. The Kier molecular flexibility index (Phi) is 5.48. The maximum atomic E-state index is 12.0. The third-order valence-corrected chi connectivity index (χ3v) is 4.70. The van der Waals surface area contributed by atoms with Gasteiger partial charge in [-0.3, -0.25) is 0 Å². The number of aromatic nitrogens is 2.